The largest absolute Gasteiger partial charge is 0.505 e. The van der Waals surface area contributed by atoms with Crippen molar-refractivity contribution in [3.63, 3.8) is 0 Å². The summed E-state index contributed by atoms with van der Waals surface area (Å²) in [5.74, 6) is -0.300. The molecule has 0 aliphatic carbocycles. The first-order chi connectivity index (χ1) is 11.1. The Morgan fingerprint density at radius 2 is 2.22 bits per heavy atom. The zero-order valence-corrected chi connectivity index (χ0v) is 14.1. The second kappa shape index (κ2) is 8.47. The molecule has 0 radical (unpaired) electrons. The van der Waals surface area contributed by atoms with Crippen molar-refractivity contribution in [2.24, 2.45) is 4.99 Å². The van der Waals surface area contributed by atoms with Crippen LogP contribution in [0.2, 0.25) is 0 Å². The molecule has 1 heterocycles. The van der Waals surface area contributed by atoms with E-state index in [1.807, 2.05) is 20.0 Å². The summed E-state index contributed by atoms with van der Waals surface area (Å²) in [5, 5.41) is 16.7. The molecular weight excluding hydrogens is 315 g/mol. The molecule has 124 valence electrons. The molecule has 0 aliphatic heterocycles. The van der Waals surface area contributed by atoms with Crippen LogP contribution in [-0.4, -0.2) is 29.1 Å². The van der Waals surface area contributed by atoms with E-state index in [1.165, 1.54) is 17.0 Å². The molecule has 0 saturated heterocycles. The minimum absolute atomic E-state index is 0.336. The summed E-state index contributed by atoms with van der Waals surface area (Å²) < 4.78 is 13.3. The number of aromatic hydroxyl groups is 1. The minimum atomic E-state index is -0.630. The number of benzene rings is 1. The van der Waals surface area contributed by atoms with Crippen LogP contribution >= 0.6 is 11.3 Å². The Labute approximate surface area is 139 Å². The first-order valence-corrected chi connectivity index (χ1v) is 8.31. The predicted molar refractivity (Wildman–Crippen MR) is 91.4 cm³/mol. The molecule has 0 bridgehead atoms. The lowest BCUT2D eigenvalue weighted by atomic mass is 10.2. The third kappa shape index (κ3) is 5.52. The van der Waals surface area contributed by atoms with Gasteiger partial charge in [0.2, 0.25) is 0 Å². The van der Waals surface area contributed by atoms with Crippen molar-refractivity contribution in [2.45, 2.75) is 26.8 Å². The van der Waals surface area contributed by atoms with Crippen molar-refractivity contribution in [3.8, 4) is 5.75 Å². The second-order valence-electron chi connectivity index (χ2n) is 5.02. The number of rotatable bonds is 6. The van der Waals surface area contributed by atoms with Crippen LogP contribution in [0.5, 0.6) is 5.75 Å². The van der Waals surface area contributed by atoms with E-state index >= 15 is 0 Å². The average molecular weight is 336 g/mol. The van der Waals surface area contributed by atoms with Crippen LogP contribution in [-0.2, 0) is 13.0 Å². The van der Waals surface area contributed by atoms with Crippen molar-refractivity contribution in [2.75, 3.05) is 13.1 Å². The summed E-state index contributed by atoms with van der Waals surface area (Å²) in [4.78, 5) is 9.95. The number of guanidine groups is 1. The number of aryl methyl sites for hydroxylation is 1. The van der Waals surface area contributed by atoms with Gasteiger partial charge in [-0.1, -0.05) is 6.07 Å². The summed E-state index contributed by atoms with van der Waals surface area (Å²) in [6.07, 6.45) is 2.70. The maximum atomic E-state index is 13.3. The van der Waals surface area contributed by atoms with E-state index in [2.05, 4.69) is 20.6 Å². The predicted octanol–water partition coefficient (Wildman–Crippen LogP) is 2.59. The van der Waals surface area contributed by atoms with E-state index in [0.29, 0.717) is 18.1 Å². The minimum Gasteiger partial charge on any atom is -0.505 e. The molecule has 0 atom stereocenters. The van der Waals surface area contributed by atoms with Gasteiger partial charge >= 0.3 is 0 Å². The lowest BCUT2D eigenvalue weighted by Gasteiger charge is -2.10. The van der Waals surface area contributed by atoms with Gasteiger partial charge in [0.15, 0.2) is 17.5 Å². The van der Waals surface area contributed by atoms with Crippen LogP contribution in [0, 0.1) is 12.7 Å². The van der Waals surface area contributed by atoms with Crippen LogP contribution < -0.4 is 10.6 Å². The molecule has 2 rings (SSSR count). The Morgan fingerprint density at radius 3 is 2.87 bits per heavy atom. The third-order valence-electron chi connectivity index (χ3n) is 3.08. The van der Waals surface area contributed by atoms with Crippen molar-refractivity contribution >= 4 is 17.3 Å². The summed E-state index contributed by atoms with van der Waals surface area (Å²) >= 11 is 1.69. The van der Waals surface area contributed by atoms with Crippen LogP contribution in [0.25, 0.3) is 0 Å². The summed E-state index contributed by atoms with van der Waals surface area (Å²) in [6.45, 7) is 5.83. The van der Waals surface area contributed by atoms with Gasteiger partial charge in [-0.25, -0.2) is 14.4 Å². The van der Waals surface area contributed by atoms with Crippen molar-refractivity contribution in [3.05, 3.63) is 45.7 Å². The van der Waals surface area contributed by atoms with Crippen LogP contribution in [0.1, 0.15) is 22.4 Å². The van der Waals surface area contributed by atoms with Gasteiger partial charge in [0.1, 0.15) is 0 Å². The highest BCUT2D eigenvalue weighted by Crippen LogP contribution is 2.16. The molecule has 0 amide bonds. The van der Waals surface area contributed by atoms with E-state index in [-0.39, 0.29) is 5.75 Å². The summed E-state index contributed by atoms with van der Waals surface area (Å²) in [6, 6.07) is 4.29. The van der Waals surface area contributed by atoms with Gasteiger partial charge in [0, 0.05) is 30.6 Å². The quantitative estimate of drug-likeness (QED) is 0.560. The van der Waals surface area contributed by atoms with Crippen LogP contribution in [0.3, 0.4) is 0 Å². The molecule has 0 saturated carbocycles. The molecule has 3 N–H and O–H groups in total. The van der Waals surface area contributed by atoms with E-state index in [0.717, 1.165) is 24.5 Å². The Morgan fingerprint density at radius 1 is 1.39 bits per heavy atom. The van der Waals surface area contributed by atoms with Gasteiger partial charge in [-0.3, -0.25) is 0 Å². The molecule has 0 aliphatic rings. The van der Waals surface area contributed by atoms with Crippen LogP contribution in [0.15, 0.2) is 29.4 Å². The number of aromatic nitrogens is 1. The lowest BCUT2D eigenvalue weighted by molar-refractivity contribution is 0.432. The molecule has 1 aromatic heterocycles. The van der Waals surface area contributed by atoms with Gasteiger partial charge in [-0.2, -0.15) is 0 Å². The molecule has 0 fully saturated rings. The number of hydrogen-bond donors (Lipinski definition) is 3. The fourth-order valence-corrected chi connectivity index (χ4v) is 2.75. The first kappa shape index (κ1) is 17.2. The standard InChI is InChI=1S/C16H21FN4OS/c1-3-18-16(19-7-6-15-20-9-11(2)23-15)21-10-12-4-5-14(22)13(17)8-12/h4-5,8-9,22H,3,6-7,10H2,1-2H3,(H2,18,19,21). The van der Waals surface area contributed by atoms with E-state index in [4.69, 9.17) is 0 Å². The topological polar surface area (TPSA) is 69.5 Å². The van der Waals surface area contributed by atoms with E-state index in [1.54, 1.807) is 17.4 Å². The summed E-state index contributed by atoms with van der Waals surface area (Å²) in [7, 11) is 0. The number of phenols is 1. The van der Waals surface area contributed by atoms with Gasteiger partial charge < -0.3 is 15.7 Å². The molecule has 0 spiro atoms. The van der Waals surface area contributed by atoms with Gasteiger partial charge in [-0.05, 0) is 31.5 Å². The first-order valence-electron chi connectivity index (χ1n) is 7.49. The Kier molecular flexibility index (Phi) is 6.34. The average Bonchev–Trinajstić information content (AvgIpc) is 2.93. The summed E-state index contributed by atoms with van der Waals surface area (Å²) in [5.41, 5.74) is 0.702. The van der Waals surface area contributed by atoms with Crippen LogP contribution in [0.4, 0.5) is 4.39 Å². The SMILES string of the molecule is CCNC(=NCc1ccc(O)c(F)c1)NCCc1ncc(C)s1. The highest BCUT2D eigenvalue weighted by atomic mass is 32.1. The number of thiazole rings is 1. The number of nitrogens with zero attached hydrogens (tertiary/aromatic N) is 2. The van der Waals surface area contributed by atoms with Gasteiger partial charge in [0.25, 0.3) is 0 Å². The monoisotopic (exact) mass is 336 g/mol. The smallest absolute Gasteiger partial charge is 0.191 e. The highest BCUT2D eigenvalue weighted by molar-refractivity contribution is 7.11. The number of nitrogens with one attached hydrogen (secondary N) is 2. The Balaban J connectivity index is 1.89. The number of phenolic OH excluding ortho intramolecular Hbond substituents is 1. The maximum absolute atomic E-state index is 13.3. The molecular formula is C16H21FN4OS. The normalized spacial score (nSPS) is 11.5. The zero-order valence-electron chi connectivity index (χ0n) is 13.3. The van der Waals surface area contributed by atoms with Gasteiger partial charge in [0.05, 0.1) is 11.6 Å². The third-order valence-corrected chi connectivity index (χ3v) is 4.05. The number of hydrogen-bond acceptors (Lipinski definition) is 4. The zero-order chi connectivity index (χ0) is 16.7. The molecule has 1 aromatic carbocycles. The highest BCUT2D eigenvalue weighted by Gasteiger charge is 2.03. The van der Waals surface area contributed by atoms with E-state index in [9.17, 15) is 9.50 Å². The van der Waals surface area contributed by atoms with Crippen molar-refractivity contribution in [1.29, 1.82) is 0 Å². The number of aliphatic imine (C=N–C) groups is 1. The van der Waals surface area contributed by atoms with Crippen molar-refractivity contribution in [1.82, 2.24) is 15.6 Å². The molecule has 0 unspecified atom stereocenters. The van der Waals surface area contributed by atoms with Gasteiger partial charge in [-0.15, -0.1) is 11.3 Å². The number of halogens is 1. The fourth-order valence-electron chi connectivity index (χ4n) is 1.97. The molecule has 7 heteroatoms. The van der Waals surface area contributed by atoms with E-state index < -0.39 is 5.82 Å². The maximum Gasteiger partial charge on any atom is 0.191 e. The Bertz CT molecular complexity index is 672. The molecule has 23 heavy (non-hydrogen) atoms. The fraction of sp³-hybridized carbons (Fsp3) is 0.375. The Hall–Kier alpha value is -2.15. The lowest BCUT2D eigenvalue weighted by Crippen LogP contribution is -2.38. The molecule has 5 nitrogen and oxygen atoms in total. The van der Waals surface area contributed by atoms with Crippen molar-refractivity contribution < 1.29 is 9.50 Å². The second-order valence-corrected chi connectivity index (χ2v) is 6.34. The molecule has 2 aromatic rings.